The van der Waals surface area contributed by atoms with E-state index in [0.717, 1.165) is 27.8 Å². The van der Waals surface area contributed by atoms with Crippen LogP contribution in [-0.4, -0.2) is 43.4 Å². The average Bonchev–Trinajstić information content (AvgIpc) is 3.35. The summed E-state index contributed by atoms with van der Waals surface area (Å²) in [6.07, 6.45) is 5.79. The Morgan fingerprint density at radius 2 is 1.96 bits per heavy atom. The first-order valence-corrected chi connectivity index (χ1v) is 10.2. The lowest BCUT2D eigenvalue weighted by molar-refractivity contribution is -0.135. The van der Waals surface area contributed by atoms with E-state index in [2.05, 4.69) is 21.6 Å². The Morgan fingerprint density at radius 3 is 2.56 bits per heavy atom. The number of esters is 1. The Bertz CT molecular complexity index is 810. The van der Waals surface area contributed by atoms with Gasteiger partial charge in [-0.3, -0.25) is 0 Å². The Labute approximate surface area is 167 Å². The van der Waals surface area contributed by atoms with Crippen LogP contribution >= 0.6 is 22.7 Å². The molecule has 2 atom stereocenters. The number of nitrogens with zero attached hydrogens (tertiary/aromatic N) is 2. The van der Waals surface area contributed by atoms with Gasteiger partial charge in [-0.15, -0.1) is 22.7 Å². The molecule has 2 aromatic heterocycles. The number of rotatable bonds is 9. The molecule has 0 aliphatic rings. The summed E-state index contributed by atoms with van der Waals surface area (Å²) in [7, 11) is 4.47. The van der Waals surface area contributed by atoms with Crippen molar-refractivity contribution in [1.29, 1.82) is 0 Å². The third-order valence-electron chi connectivity index (χ3n) is 3.96. The van der Waals surface area contributed by atoms with Crippen LogP contribution in [0.3, 0.4) is 0 Å². The number of methoxy groups -OCH3 is 3. The fraction of sp³-hybridized carbons (Fsp3) is 0.421. The van der Waals surface area contributed by atoms with Gasteiger partial charge in [0.05, 0.1) is 37.1 Å². The lowest BCUT2D eigenvalue weighted by atomic mass is 10.0. The molecule has 0 amide bonds. The Hall–Kier alpha value is -2.03. The van der Waals surface area contributed by atoms with Crippen LogP contribution in [0.4, 0.5) is 0 Å². The van der Waals surface area contributed by atoms with Gasteiger partial charge < -0.3 is 14.2 Å². The minimum Gasteiger partial charge on any atom is -0.500 e. The maximum Gasteiger partial charge on any atom is 0.333 e. The van der Waals surface area contributed by atoms with Crippen LogP contribution in [0.15, 0.2) is 28.7 Å². The number of thiazole rings is 2. The summed E-state index contributed by atoms with van der Waals surface area (Å²) in [6.45, 7) is 4.01. The molecule has 0 N–H and O–H groups in total. The quantitative estimate of drug-likeness (QED) is 0.352. The zero-order valence-corrected chi connectivity index (χ0v) is 17.7. The average molecular weight is 409 g/mol. The second-order valence-electron chi connectivity index (χ2n) is 5.68. The van der Waals surface area contributed by atoms with Crippen LogP contribution in [0.1, 0.15) is 24.5 Å². The molecule has 0 aromatic carbocycles. The van der Waals surface area contributed by atoms with Gasteiger partial charge in [-0.25, -0.2) is 14.8 Å². The van der Waals surface area contributed by atoms with Crippen molar-refractivity contribution in [3.05, 3.63) is 39.4 Å². The van der Waals surface area contributed by atoms with Gasteiger partial charge in [0.2, 0.25) is 0 Å². The van der Waals surface area contributed by atoms with Crippen molar-refractivity contribution in [3.8, 4) is 10.7 Å². The number of carbonyl (C=O) groups is 1. The van der Waals surface area contributed by atoms with Gasteiger partial charge in [-0.05, 0) is 12.5 Å². The molecular formula is C19H24N2O4S2. The smallest absolute Gasteiger partial charge is 0.333 e. The molecule has 0 radical (unpaired) electrons. The molecule has 2 heterocycles. The number of aromatic nitrogens is 2. The van der Waals surface area contributed by atoms with E-state index in [1.165, 1.54) is 20.3 Å². The van der Waals surface area contributed by atoms with Crippen molar-refractivity contribution in [2.75, 3.05) is 21.3 Å². The number of hydrogen-bond acceptors (Lipinski definition) is 8. The van der Waals surface area contributed by atoms with Crippen LogP contribution in [-0.2, 0) is 25.4 Å². The van der Waals surface area contributed by atoms with Crippen molar-refractivity contribution >= 4 is 34.7 Å². The van der Waals surface area contributed by atoms with E-state index in [0.29, 0.717) is 5.76 Å². The maximum atomic E-state index is 11.5. The van der Waals surface area contributed by atoms with Gasteiger partial charge in [-0.2, -0.15) is 0 Å². The summed E-state index contributed by atoms with van der Waals surface area (Å²) in [5, 5.41) is 6.02. The van der Waals surface area contributed by atoms with E-state index in [9.17, 15) is 4.79 Å². The first kappa shape index (κ1) is 21.3. The summed E-state index contributed by atoms with van der Waals surface area (Å²) in [4.78, 5) is 20.7. The van der Waals surface area contributed by atoms with Crippen molar-refractivity contribution in [1.82, 2.24) is 9.97 Å². The van der Waals surface area contributed by atoms with E-state index in [1.54, 1.807) is 29.8 Å². The van der Waals surface area contributed by atoms with E-state index in [4.69, 9.17) is 9.47 Å². The largest absolute Gasteiger partial charge is 0.500 e. The molecule has 27 heavy (non-hydrogen) atoms. The topological polar surface area (TPSA) is 70.5 Å². The van der Waals surface area contributed by atoms with E-state index in [1.807, 2.05) is 29.8 Å². The highest BCUT2D eigenvalue weighted by molar-refractivity contribution is 7.14. The maximum absolute atomic E-state index is 11.5. The highest BCUT2D eigenvalue weighted by Crippen LogP contribution is 2.26. The van der Waals surface area contributed by atoms with Gasteiger partial charge in [0.15, 0.2) is 0 Å². The number of hydrogen-bond donors (Lipinski definition) is 0. The van der Waals surface area contributed by atoms with Crippen molar-refractivity contribution < 1.29 is 19.0 Å². The highest BCUT2D eigenvalue weighted by atomic mass is 32.1. The van der Waals surface area contributed by atoms with Gasteiger partial charge >= 0.3 is 5.97 Å². The summed E-state index contributed by atoms with van der Waals surface area (Å²) in [5.41, 5.74) is 1.76. The van der Waals surface area contributed by atoms with Crippen LogP contribution in [0.2, 0.25) is 0 Å². The fourth-order valence-corrected chi connectivity index (χ4v) is 3.96. The molecule has 6 nitrogen and oxygen atoms in total. The van der Waals surface area contributed by atoms with Crippen molar-refractivity contribution in [3.63, 3.8) is 0 Å². The first-order chi connectivity index (χ1) is 13.0. The van der Waals surface area contributed by atoms with E-state index in [-0.39, 0.29) is 12.0 Å². The zero-order valence-electron chi connectivity index (χ0n) is 16.1. The summed E-state index contributed by atoms with van der Waals surface area (Å²) in [6, 6.07) is 0. The van der Waals surface area contributed by atoms with Gasteiger partial charge in [0, 0.05) is 23.8 Å². The molecular weight excluding hydrogens is 384 g/mol. The number of carbonyl (C=O) groups excluding carboxylic acids is 1. The SMILES string of the molecule is CCc1nc(-c2nc(C=C[C@H](OC)[C@@H](C)C(=CC(=O)OC)OC)cs2)cs1. The molecule has 2 aromatic rings. The third-order valence-corrected chi connectivity index (χ3v) is 5.84. The number of aryl methyl sites for hydroxylation is 1. The van der Waals surface area contributed by atoms with E-state index >= 15 is 0 Å². The van der Waals surface area contributed by atoms with Crippen LogP contribution in [0.25, 0.3) is 16.8 Å². The minimum atomic E-state index is -0.462. The Morgan fingerprint density at radius 1 is 1.19 bits per heavy atom. The normalized spacial score (nSPS) is 14.3. The van der Waals surface area contributed by atoms with Crippen molar-refractivity contribution in [2.45, 2.75) is 26.4 Å². The predicted octanol–water partition coefficient (Wildman–Crippen LogP) is 4.20. The minimum absolute atomic E-state index is 0.167. The van der Waals surface area contributed by atoms with Crippen LogP contribution in [0.5, 0.6) is 0 Å². The Kier molecular flexibility index (Phi) is 8.15. The Balaban J connectivity index is 2.12. The highest BCUT2D eigenvalue weighted by Gasteiger charge is 2.20. The first-order valence-electron chi connectivity index (χ1n) is 8.47. The monoisotopic (exact) mass is 408 g/mol. The molecule has 0 bridgehead atoms. The molecule has 0 aliphatic carbocycles. The van der Waals surface area contributed by atoms with Gasteiger partial charge in [0.25, 0.3) is 0 Å². The number of ether oxygens (including phenoxy) is 3. The molecule has 2 rings (SSSR count). The molecule has 0 spiro atoms. The predicted molar refractivity (Wildman–Crippen MR) is 109 cm³/mol. The standard InChI is InChI=1S/C19H24N2O4S2/c1-6-17-21-14(11-26-17)19-20-13(10-27-19)7-8-15(23-3)12(2)16(24-4)9-18(22)25-5/h7-12,15H,6H2,1-5H3/t12-,15+/m1/s1. The van der Waals surface area contributed by atoms with Gasteiger partial charge in [-0.1, -0.05) is 19.9 Å². The van der Waals surface area contributed by atoms with Gasteiger partial charge in [0.1, 0.15) is 16.5 Å². The zero-order chi connectivity index (χ0) is 19.8. The molecule has 0 saturated heterocycles. The molecule has 146 valence electrons. The summed E-state index contributed by atoms with van der Waals surface area (Å²) >= 11 is 3.21. The second-order valence-corrected chi connectivity index (χ2v) is 7.48. The molecule has 0 fully saturated rings. The summed E-state index contributed by atoms with van der Waals surface area (Å²) in [5.74, 6) is -0.137. The molecule has 0 saturated carbocycles. The van der Waals surface area contributed by atoms with E-state index < -0.39 is 5.97 Å². The molecule has 0 unspecified atom stereocenters. The second kappa shape index (κ2) is 10.3. The molecule has 8 heteroatoms. The lowest BCUT2D eigenvalue weighted by Crippen LogP contribution is -2.21. The summed E-state index contributed by atoms with van der Waals surface area (Å²) < 4.78 is 15.5. The third kappa shape index (κ3) is 5.72. The fourth-order valence-electron chi connectivity index (χ4n) is 2.41. The molecule has 0 aliphatic heterocycles. The van der Waals surface area contributed by atoms with Crippen molar-refractivity contribution in [2.24, 2.45) is 5.92 Å². The lowest BCUT2D eigenvalue weighted by Gasteiger charge is -2.21. The van der Waals surface area contributed by atoms with Crippen LogP contribution < -0.4 is 0 Å². The van der Waals surface area contributed by atoms with Crippen LogP contribution in [0, 0.1) is 5.92 Å².